The van der Waals surface area contributed by atoms with E-state index in [4.69, 9.17) is 5.73 Å². The lowest BCUT2D eigenvalue weighted by molar-refractivity contribution is -0.121. The first-order valence-corrected chi connectivity index (χ1v) is 8.03. The van der Waals surface area contributed by atoms with Gasteiger partial charge in [-0.15, -0.1) is 0 Å². The van der Waals surface area contributed by atoms with Crippen molar-refractivity contribution in [2.75, 3.05) is 24.6 Å². The SMILES string of the molecule is NCCCCCCC(=O)NCC1CCSCC1. The third-order valence-electron chi connectivity index (χ3n) is 3.29. The van der Waals surface area contributed by atoms with Gasteiger partial charge in [-0.3, -0.25) is 4.79 Å². The van der Waals surface area contributed by atoms with Crippen molar-refractivity contribution in [1.82, 2.24) is 5.32 Å². The van der Waals surface area contributed by atoms with E-state index in [0.717, 1.165) is 44.7 Å². The molecule has 0 bridgehead atoms. The van der Waals surface area contributed by atoms with Crippen LogP contribution < -0.4 is 11.1 Å². The average molecular weight is 258 g/mol. The van der Waals surface area contributed by atoms with Crippen LogP contribution in [0.15, 0.2) is 0 Å². The van der Waals surface area contributed by atoms with Crippen molar-refractivity contribution in [1.29, 1.82) is 0 Å². The molecule has 1 aliphatic heterocycles. The number of thioether (sulfide) groups is 1. The first kappa shape index (κ1) is 14.8. The van der Waals surface area contributed by atoms with E-state index in [2.05, 4.69) is 5.32 Å². The molecule has 0 unspecified atom stereocenters. The van der Waals surface area contributed by atoms with Crippen molar-refractivity contribution in [3.8, 4) is 0 Å². The van der Waals surface area contributed by atoms with Gasteiger partial charge >= 0.3 is 0 Å². The number of nitrogens with two attached hydrogens (primary N) is 1. The molecule has 1 amide bonds. The van der Waals surface area contributed by atoms with Crippen molar-refractivity contribution in [2.24, 2.45) is 11.7 Å². The summed E-state index contributed by atoms with van der Waals surface area (Å²) in [6.45, 7) is 1.66. The highest BCUT2D eigenvalue weighted by molar-refractivity contribution is 7.99. The van der Waals surface area contributed by atoms with Gasteiger partial charge in [0.2, 0.25) is 5.91 Å². The first-order valence-electron chi connectivity index (χ1n) is 6.87. The topological polar surface area (TPSA) is 55.1 Å². The Labute approximate surface area is 109 Å². The van der Waals surface area contributed by atoms with Gasteiger partial charge in [0, 0.05) is 13.0 Å². The number of unbranched alkanes of at least 4 members (excludes halogenated alkanes) is 3. The van der Waals surface area contributed by atoms with E-state index in [1.807, 2.05) is 11.8 Å². The fraction of sp³-hybridized carbons (Fsp3) is 0.923. The maximum absolute atomic E-state index is 11.6. The van der Waals surface area contributed by atoms with Gasteiger partial charge in [-0.2, -0.15) is 11.8 Å². The number of amides is 1. The predicted octanol–water partition coefficient (Wildman–Crippen LogP) is 2.16. The third-order valence-corrected chi connectivity index (χ3v) is 4.34. The quantitative estimate of drug-likeness (QED) is 0.656. The van der Waals surface area contributed by atoms with Crippen LogP contribution in [0, 0.1) is 5.92 Å². The van der Waals surface area contributed by atoms with Crippen molar-refractivity contribution >= 4 is 17.7 Å². The van der Waals surface area contributed by atoms with E-state index < -0.39 is 0 Å². The summed E-state index contributed by atoms with van der Waals surface area (Å²) in [4.78, 5) is 11.6. The second-order valence-electron chi connectivity index (χ2n) is 4.81. The van der Waals surface area contributed by atoms with Crippen LogP contribution in [-0.4, -0.2) is 30.5 Å². The highest BCUT2D eigenvalue weighted by Gasteiger charge is 2.14. The fourth-order valence-corrected chi connectivity index (χ4v) is 3.28. The lowest BCUT2D eigenvalue weighted by Crippen LogP contribution is -2.30. The van der Waals surface area contributed by atoms with E-state index in [-0.39, 0.29) is 5.91 Å². The molecule has 0 spiro atoms. The maximum atomic E-state index is 11.6. The van der Waals surface area contributed by atoms with E-state index in [1.54, 1.807) is 0 Å². The molecule has 1 rings (SSSR count). The summed E-state index contributed by atoms with van der Waals surface area (Å²) in [5.74, 6) is 3.48. The summed E-state index contributed by atoms with van der Waals surface area (Å²) in [6, 6.07) is 0. The van der Waals surface area contributed by atoms with E-state index in [0.29, 0.717) is 6.42 Å². The van der Waals surface area contributed by atoms with Gasteiger partial charge in [-0.05, 0) is 49.7 Å². The zero-order valence-corrected chi connectivity index (χ0v) is 11.6. The minimum Gasteiger partial charge on any atom is -0.356 e. The molecule has 0 aromatic heterocycles. The zero-order chi connectivity index (χ0) is 12.3. The Kier molecular flexibility index (Phi) is 8.53. The van der Waals surface area contributed by atoms with Crippen molar-refractivity contribution < 1.29 is 4.79 Å². The highest BCUT2D eigenvalue weighted by Crippen LogP contribution is 2.21. The molecular weight excluding hydrogens is 232 g/mol. The van der Waals surface area contributed by atoms with Gasteiger partial charge < -0.3 is 11.1 Å². The van der Waals surface area contributed by atoms with Gasteiger partial charge in [-0.25, -0.2) is 0 Å². The van der Waals surface area contributed by atoms with Crippen LogP contribution >= 0.6 is 11.8 Å². The van der Waals surface area contributed by atoms with Crippen LogP contribution in [0.1, 0.15) is 44.9 Å². The summed E-state index contributed by atoms with van der Waals surface area (Å²) in [6.07, 6.45) is 7.59. The Morgan fingerprint density at radius 3 is 2.59 bits per heavy atom. The van der Waals surface area contributed by atoms with Crippen molar-refractivity contribution in [3.63, 3.8) is 0 Å². The van der Waals surface area contributed by atoms with Crippen molar-refractivity contribution in [2.45, 2.75) is 44.9 Å². The Morgan fingerprint density at radius 2 is 1.88 bits per heavy atom. The molecule has 4 heteroatoms. The van der Waals surface area contributed by atoms with Crippen LogP contribution in [0.3, 0.4) is 0 Å². The number of carbonyl (C=O) groups is 1. The van der Waals surface area contributed by atoms with Gasteiger partial charge in [0.25, 0.3) is 0 Å². The molecule has 1 fully saturated rings. The van der Waals surface area contributed by atoms with Crippen LogP contribution in [0.4, 0.5) is 0 Å². The van der Waals surface area contributed by atoms with Gasteiger partial charge in [-0.1, -0.05) is 12.8 Å². The fourth-order valence-electron chi connectivity index (χ4n) is 2.08. The molecule has 17 heavy (non-hydrogen) atoms. The van der Waals surface area contributed by atoms with Crippen LogP contribution in [0.2, 0.25) is 0 Å². The molecule has 3 N–H and O–H groups in total. The van der Waals surface area contributed by atoms with E-state index >= 15 is 0 Å². The molecule has 0 atom stereocenters. The average Bonchev–Trinajstić information content (AvgIpc) is 2.37. The molecule has 0 radical (unpaired) electrons. The number of rotatable bonds is 8. The molecule has 1 aliphatic rings. The summed E-state index contributed by atoms with van der Waals surface area (Å²) in [5, 5.41) is 3.07. The molecule has 100 valence electrons. The molecule has 0 saturated carbocycles. The van der Waals surface area contributed by atoms with Gasteiger partial charge in [0.05, 0.1) is 0 Å². The summed E-state index contributed by atoms with van der Waals surface area (Å²) in [5.41, 5.74) is 5.42. The number of nitrogens with one attached hydrogen (secondary N) is 1. The Bertz CT molecular complexity index is 206. The first-order chi connectivity index (χ1) is 8.33. The number of hydrogen-bond donors (Lipinski definition) is 2. The minimum absolute atomic E-state index is 0.232. The second-order valence-corrected chi connectivity index (χ2v) is 6.04. The number of hydrogen-bond acceptors (Lipinski definition) is 3. The lowest BCUT2D eigenvalue weighted by atomic mass is 10.0. The summed E-state index contributed by atoms with van der Waals surface area (Å²) in [7, 11) is 0. The molecular formula is C13H26N2OS. The second kappa shape index (κ2) is 9.77. The lowest BCUT2D eigenvalue weighted by Gasteiger charge is -2.21. The monoisotopic (exact) mass is 258 g/mol. The van der Waals surface area contributed by atoms with Gasteiger partial charge in [0.15, 0.2) is 0 Å². The molecule has 0 aromatic carbocycles. The predicted molar refractivity (Wildman–Crippen MR) is 75.2 cm³/mol. The molecule has 0 aliphatic carbocycles. The zero-order valence-electron chi connectivity index (χ0n) is 10.7. The van der Waals surface area contributed by atoms with Crippen molar-refractivity contribution in [3.05, 3.63) is 0 Å². The molecule has 3 nitrogen and oxygen atoms in total. The Morgan fingerprint density at radius 1 is 1.18 bits per heavy atom. The summed E-state index contributed by atoms with van der Waals surface area (Å²) >= 11 is 2.03. The van der Waals surface area contributed by atoms with E-state index in [1.165, 1.54) is 24.3 Å². The number of carbonyl (C=O) groups excluding carboxylic acids is 1. The van der Waals surface area contributed by atoms with Crippen LogP contribution in [0.5, 0.6) is 0 Å². The highest BCUT2D eigenvalue weighted by atomic mass is 32.2. The molecule has 0 aromatic rings. The Hall–Kier alpha value is -0.220. The molecule has 1 heterocycles. The normalized spacial score (nSPS) is 17.0. The minimum atomic E-state index is 0.232. The smallest absolute Gasteiger partial charge is 0.220 e. The van der Waals surface area contributed by atoms with E-state index in [9.17, 15) is 4.79 Å². The largest absolute Gasteiger partial charge is 0.356 e. The Balaban J connectivity index is 1.93. The van der Waals surface area contributed by atoms with Gasteiger partial charge in [0.1, 0.15) is 0 Å². The standard InChI is InChI=1S/C13H26N2OS/c14-8-4-2-1-3-5-13(16)15-11-12-6-9-17-10-7-12/h12H,1-11,14H2,(H,15,16). The summed E-state index contributed by atoms with van der Waals surface area (Å²) < 4.78 is 0. The van der Waals surface area contributed by atoms with Crippen LogP contribution in [-0.2, 0) is 4.79 Å². The maximum Gasteiger partial charge on any atom is 0.220 e. The molecule has 1 saturated heterocycles. The van der Waals surface area contributed by atoms with Crippen LogP contribution in [0.25, 0.3) is 0 Å². The third kappa shape index (κ3) is 7.66.